The number of alkyl halides is 3. The molecule has 0 aromatic carbocycles. The van der Waals surface area contributed by atoms with E-state index in [1.807, 2.05) is 0 Å². The molecule has 4 nitrogen and oxygen atoms in total. The van der Waals surface area contributed by atoms with Crippen LogP contribution in [-0.4, -0.2) is 43.0 Å². The highest BCUT2D eigenvalue weighted by Crippen LogP contribution is 2.26. The van der Waals surface area contributed by atoms with E-state index in [4.69, 9.17) is 9.47 Å². The van der Waals surface area contributed by atoms with Gasteiger partial charge < -0.3 is 14.8 Å². The summed E-state index contributed by atoms with van der Waals surface area (Å²) in [5.41, 5.74) is -0.650. The largest absolute Gasteiger partial charge is 0.460 e. The Labute approximate surface area is 104 Å². The molecule has 1 aliphatic heterocycles. The molecule has 0 radical (unpaired) electrons. The van der Waals surface area contributed by atoms with E-state index in [0.717, 1.165) is 0 Å². The highest BCUT2D eigenvalue weighted by molar-refractivity contribution is 5.70. The molecule has 1 aliphatic rings. The van der Waals surface area contributed by atoms with Crippen molar-refractivity contribution in [3.63, 3.8) is 0 Å². The first-order valence-corrected chi connectivity index (χ1v) is 5.72. The molecular formula is C11H18F3NO3. The van der Waals surface area contributed by atoms with E-state index < -0.39 is 30.0 Å². The number of carbonyl (C=O) groups excluding carboxylic acids is 1. The lowest BCUT2D eigenvalue weighted by Gasteiger charge is -2.32. The minimum Gasteiger partial charge on any atom is -0.460 e. The zero-order chi connectivity index (χ0) is 14.0. The van der Waals surface area contributed by atoms with E-state index in [1.165, 1.54) is 0 Å². The molecule has 106 valence electrons. The Bertz CT molecular complexity index is 299. The van der Waals surface area contributed by atoms with Gasteiger partial charge in [-0.1, -0.05) is 0 Å². The number of rotatable bonds is 2. The summed E-state index contributed by atoms with van der Waals surface area (Å²) in [7, 11) is 0. The molecular weight excluding hydrogens is 251 g/mol. The molecule has 0 amide bonds. The van der Waals surface area contributed by atoms with Crippen molar-refractivity contribution in [3.05, 3.63) is 0 Å². The molecule has 1 heterocycles. The van der Waals surface area contributed by atoms with Crippen LogP contribution in [0.2, 0.25) is 0 Å². The molecule has 7 heteroatoms. The topological polar surface area (TPSA) is 47.6 Å². The Morgan fingerprint density at radius 1 is 1.33 bits per heavy atom. The minimum atomic E-state index is -4.42. The molecule has 0 aliphatic carbocycles. The SMILES string of the molecule is CC(C)(C)OC(=O)C[C@@H]1CNC[C@@H](C(F)(F)F)O1. The van der Waals surface area contributed by atoms with Gasteiger partial charge in [0.15, 0.2) is 6.10 Å². The fourth-order valence-electron chi connectivity index (χ4n) is 1.59. The number of carbonyl (C=O) groups is 1. The van der Waals surface area contributed by atoms with Gasteiger partial charge in [0, 0.05) is 13.1 Å². The van der Waals surface area contributed by atoms with Crippen molar-refractivity contribution < 1.29 is 27.4 Å². The van der Waals surface area contributed by atoms with Gasteiger partial charge in [0.2, 0.25) is 0 Å². The summed E-state index contributed by atoms with van der Waals surface area (Å²) in [6.07, 6.45) is -7.27. The van der Waals surface area contributed by atoms with Gasteiger partial charge in [-0.05, 0) is 20.8 Å². The maximum absolute atomic E-state index is 12.4. The average molecular weight is 269 g/mol. The number of halogens is 3. The smallest absolute Gasteiger partial charge is 0.415 e. The van der Waals surface area contributed by atoms with Gasteiger partial charge in [-0.2, -0.15) is 13.2 Å². The van der Waals surface area contributed by atoms with Crippen LogP contribution in [0, 0.1) is 0 Å². The second kappa shape index (κ2) is 5.44. The quantitative estimate of drug-likeness (QED) is 0.774. The van der Waals surface area contributed by atoms with Gasteiger partial charge in [-0.3, -0.25) is 4.79 Å². The second-order valence-electron chi connectivity index (χ2n) is 5.24. The molecule has 18 heavy (non-hydrogen) atoms. The number of nitrogens with one attached hydrogen (secondary N) is 1. The summed E-state index contributed by atoms with van der Waals surface area (Å²) >= 11 is 0. The highest BCUT2D eigenvalue weighted by atomic mass is 19.4. The third kappa shape index (κ3) is 5.22. The number of morpholine rings is 1. The molecule has 1 rings (SSSR count). The summed E-state index contributed by atoms with van der Waals surface area (Å²) in [6, 6.07) is 0. The van der Waals surface area contributed by atoms with Crippen molar-refractivity contribution in [2.45, 2.75) is 51.2 Å². The molecule has 0 aromatic heterocycles. The van der Waals surface area contributed by atoms with Crippen LogP contribution in [0.4, 0.5) is 13.2 Å². The normalized spacial score (nSPS) is 25.9. The lowest BCUT2D eigenvalue weighted by molar-refractivity contribution is -0.241. The number of ether oxygens (including phenoxy) is 2. The van der Waals surface area contributed by atoms with Crippen molar-refractivity contribution in [3.8, 4) is 0 Å². The van der Waals surface area contributed by atoms with Gasteiger partial charge in [0.25, 0.3) is 0 Å². The first-order chi connectivity index (χ1) is 8.08. The van der Waals surface area contributed by atoms with E-state index in [-0.39, 0.29) is 19.5 Å². The Hall–Kier alpha value is -0.820. The second-order valence-corrected chi connectivity index (χ2v) is 5.24. The van der Waals surface area contributed by atoms with E-state index in [2.05, 4.69) is 5.32 Å². The van der Waals surface area contributed by atoms with Gasteiger partial charge >= 0.3 is 12.1 Å². The van der Waals surface area contributed by atoms with Crippen molar-refractivity contribution >= 4 is 5.97 Å². The van der Waals surface area contributed by atoms with Crippen LogP contribution >= 0.6 is 0 Å². The molecule has 2 atom stereocenters. The van der Waals surface area contributed by atoms with Gasteiger partial charge in [0.1, 0.15) is 5.60 Å². The molecule has 1 fully saturated rings. The predicted molar refractivity (Wildman–Crippen MR) is 58.0 cm³/mol. The first kappa shape index (κ1) is 15.2. The Kier molecular flexibility index (Phi) is 4.61. The summed E-state index contributed by atoms with van der Waals surface area (Å²) in [5, 5.41) is 2.61. The van der Waals surface area contributed by atoms with Gasteiger partial charge in [-0.25, -0.2) is 0 Å². The lowest BCUT2D eigenvalue weighted by Crippen LogP contribution is -2.51. The van der Waals surface area contributed by atoms with E-state index in [1.54, 1.807) is 20.8 Å². The van der Waals surface area contributed by atoms with Gasteiger partial charge in [-0.15, -0.1) is 0 Å². The monoisotopic (exact) mass is 269 g/mol. The minimum absolute atomic E-state index is 0.184. The van der Waals surface area contributed by atoms with Crippen LogP contribution in [-0.2, 0) is 14.3 Å². The van der Waals surface area contributed by atoms with Crippen LogP contribution in [0.5, 0.6) is 0 Å². The fourth-order valence-corrected chi connectivity index (χ4v) is 1.59. The zero-order valence-electron chi connectivity index (χ0n) is 10.6. The summed E-state index contributed by atoms with van der Waals surface area (Å²) < 4.78 is 47.2. The van der Waals surface area contributed by atoms with Crippen molar-refractivity contribution in [2.24, 2.45) is 0 Å². The molecule has 1 saturated heterocycles. The summed E-state index contributed by atoms with van der Waals surface area (Å²) in [4.78, 5) is 11.5. The summed E-state index contributed by atoms with van der Waals surface area (Å²) in [6.45, 7) is 5.02. The third-order valence-corrected chi connectivity index (χ3v) is 2.24. The standard InChI is InChI=1S/C11H18F3NO3/c1-10(2,3)18-9(16)4-7-5-15-6-8(17-7)11(12,13)14/h7-8,15H,4-6H2,1-3H3/t7-,8+/m1/s1. The molecule has 0 bridgehead atoms. The van der Waals surface area contributed by atoms with E-state index in [9.17, 15) is 18.0 Å². The number of esters is 1. The van der Waals surface area contributed by atoms with Crippen molar-refractivity contribution in [2.75, 3.05) is 13.1 Å². The van der Waals surface area contributed by atoms with E-state index in [0.29, 0.717) is 0 Å². The molecule has 0 aromatic rings. The zero-order valence-corrected chi connectivity index (χ0v) is 10.6. The molecule has 0 saturated carbocycles. The average Bonchev–Trinajstić information content (AvgIpc) is 2.13. The van der Waals surface area contributed by atoms with Crippen molar-refractivity contribution in [1.82, 2.24) is 5.32 Å². The Balaban J connectivity index is 2.46. The maximum atomic E-state index is 12.4. The highest BCUT2D eigenvalue weighted by Gasteiger charge is 2.44. The molecule has 1 N–H and O–H groups in total. The summed E-state index contributed by atoms with van der Waals surface area (Å²) in [5.74, 6) is -0.558. The van der Waals surface area contributed by atoms with Crippen LogP contribution in [0.3, 0.4) is 0 Å². The van der Waals surface area contributed by atoms with Crippen LogP contribution < -0.4 is 5.32 Å². The van der Waals surface area contributed by atoms with Crippen molar-refractivity contribution in [1.29, 1.82) is 0 Å². The first-order valence-electron chi connectivity index (χ1n) is 5.72. The number of hydrogen-bond donors (Lipinski definition) is 1. The van der Waals surface area contributed by atoms with E-state index >= 15 is 0 Å². The molecule has 0 unspecified atom stereocenters. The number of hydrogen-bond acceptors (Lipinski definition) is 4. The van der Waals surface area contributed by atoms with Crippen LogP contribution in [0.1, 0.15) is 27.2 Å². The van der Waals surface area contributed by atoms with Crippen LogP contribution in [0.25, 0.3) is 0 Å². The third-order valence-electron chi connectivity index (χ3n) is 2.24. The van der Waals surface area contributed by atoms with Crippen LogP contribution in [0.15, 0.2) is 0 Å². The fraction of sp³-hybridized carbons (Fsp3) is 0.909. The lowest BCUT2D eigenvalue weighted by atomic mass is 10.1. The predicted octanol–water partition coefficient (Wildman–Crippen LogP) is 1.64. The maximum Gasteiger partial charge on any atom is 0.415 e. The Morgan fingerprint density at radius 2 is 1.94 bits per heavy atom. The molecule has 0 spiro atoms. The Morgan fingerprint density at radius 3 is 2.44 bits per heavy atom. The van der Waals surface area contributed by atoms with Gasteiger partial charge in [0.05, 0.1) is 12.5 Å².